The molecule has 0 fully saturated rings. The maximum atomic E-state index is 12.9. The van der Waals surface area contributed by atoms with Crippen molar-refractivity contribution >= 4 is 35.0 Å². The summed E-state index contributed by atoms with van der Waals surface area (Å²) in [5.74, 6) is -0.419. The highest BCUT2D eigenvalue weighted by Gasteiger charge is 2.34. The number of carbonyl (C=O) groups excluding carboxylic acids is 2. The lowest BCUT2D eigenvalue weighted by molar-refractivity contribution is -0.125. The number of hydrogen-bond donors (Lipinski definition) is 2. The van der Waals surface area contributed by atoms with Gasteiger partial charge in [0, 0.05) is 18.2 Å². The second-order valence-electron chi connectivity index (χ2n) is 7.65. The molecule has 170 valence electrons. The minimum absolute atomic E-state index is 0.0842. The van der Waals surface area contributed by atoms with Crippen LogP contribution in [0.15, 0.2) is 54.2 Å². The van der Waals surface area contributed by atoms with E-state index in [9.17, 15) is 14.0 Å². The molecule has 1 unspecified atom stereocenters. The maximum absolute atomic E-state index is 12.9. The van der Waals surface area contributed by atoms with Gasteiger partial charge >= 0.3 is 0 Å². The Hall–Kier alpha value is -2.61. The van der Waals surface area contributed by atoms with Gasteiger partial charge in [0.15, 0.2) is 6.61 Å². The van der Waals surface area contributed by atoms with Crippen LogP contribution in [0.4, 0.5) is 4.39 Å². The van der Waals surface area contributed by atoms with E-state index in [1.54, 1.807) is 30.3 Å². The summed E-state index contributed by atoms with van der Waals surface area (Å²) in [4.78, 5) is 24.2. The molecule has 0 saturated carbocycles. The van der Waals surface area contributed by atoms with Crippen LogP contribution in [0.1, 0.15) is 18.9 Å². The molecule has 0 bridgehead atoms. The summed E-state index contributed by atoms with van der Waals surface area (Å²) in [6.07, 6.45) is 2.85. The number of rotatable bonds is 10. The molecule has 1 atom stereocenters. The lowest BCUT2D eigenvalue weighted by Crippen LogP contribution is -2.53. The Morgan fingerprint density at radius 3 is 2.47 bits per heavy atom. The highest BCUT2D eigenvalue weighted by atomic mass is 35.5. The Morgan fingerprint density at radius 1 is 1.06 bits per heavy atom. The van der Waals surface area contributed by atoms with Gasteiger partial charge in [0.1, 0.15) is 18.2 Å². The third-order valence-corrected chi connectivity index (χ3v) is 5.46. The number of hydrogen-bond acceptors (Lipinski definition) is 4. The molecule has 0 aliphatic heterocycles. The average molecular weight is 481 g/mol. The molecule has 0 spiro atoms. The van der Waals surface area contributed by atoms with E-state index in [4.69, 9.17) is 32.7 Å². The molecular weight excluding hydrogens is 458 g/mol. The van der Waals surface area contributed by atoms with E-state index in [2.05, 4.69) is 10.6 Å². The van der Waals surface area contributed by atoms with Gasteiger partial charge in [-0.3, -0.25) is 9.59 Å². The van der Waals surface area contributed by atoms with Crippen molar-refractivity contribution in [3.63, 3.8) is 0 Å². The Balaban J connectivity index is 1.33. The summed E-state index contributed by atoms with van der Waals surface area (Å²) in [7, 11) is 0. The van der Waals surface area contributed by atoms with Gasteiger partial charge in [-0.15, -0.1) is 0 Å². The molecular formula is C23H23Cl2FN2O4. The van der Waals surface area contributed by atoms with Gasteiger partial charge < -0.3 is 20.1 Å². The van der Waals surface area contributed by atoms with Gasteiger partial charge in [-0.1, -0.05) is 35.3 Å². The zero-order valence-electron chi connectivity index (χ0n) is 17.4. The van der Waals surface area contributed by atoms with E-state index >= 15 is 0 Å². The Morgan fingerprint density at radius 2 is 1.78 bits per heavy atom. The molecule has 32 heavy (non-hydrogen) atoms. The maximum Gasteiger partial charge on any atom is 0.258 e. The van der Waals surface area contributed by atoms with Crippen molar-refractivity contribution in [2.75, 3.05) is 19.8 Å². The summed E-state index contributed by atoms with van der Waals surface area (Å²) in [5, 5.41) is 6.37. The molecule has 2 aromatic rings. The van der Waals surface area contributed by atoms with Crippen LogP contribution in [0.3, 0.4) is 0 Å². The Labute approximate surface area is 195 Å². The molecule has 1 aliphatic rings. The molecule has 2 N–H and O–H groups in total. The monoisotopic (exact) mass is 480 g/mol. The van der Waals surface area contributed by atoms with Crippen molar-refractivity contribution in [3.05, 3.63) is 75.7 Å². The topological polar surface area (TPSA) is 76.7 Å². The summed E-state index contributed by atoms with van der Waals surface area (Å²) in [6, 6.07) is 10.9. The number of ether oxygens (including phenoxy) is 2. The summed E-state index contributed by atoms with van der Waals surface area (Å²) < 4.78 is 23.7. The van der Waals surface area contributed by atoms with E-state index in [0.29, 0.717) is 40.9 Å². The first-order chi connectivity index (χ1) is 15.2. The predicted octanol–water partition coefficient (Wildman–Crippen LogP) is 4.05. The third kappa shape index (κ3) is 7.22. The number of halogens is 3. The van der Waals surface area contributed by atoms with Gasteiger partial charge in [-0.05, 0) is 49.2 Å². The predicted molar refractivity (Wildman–Crippen MR) is 120 cm³/mol. The average Bonchev–Trinajstić information content (AvgIpc) is 2.72. The molecule has 6 nitrogen and oxygen atoms in total. The zero-order chi connectivity index (χ0) is 23.1. The second kappa shape index (κ2) is 10.8. The van der Waals surface area contributed by atoms with Gasteiger partial charge in [-0.25, -0.2) is 4.39 Å². The van der Waals surface area contributed by atoms with Crippen molar-refractivity contribution in [1.29, 1.82) is 0 Å². The third-order valence-electron chi connectivity index (χ3n) is 4.72. The summed E-state index contributed by atoms with van der Waals surface area (Å²) in [5.41, 5.74) is 1.08. The van der Waals surface area contributed by atoms with Gasteiger partial charge in [0.05, 0.1) is 22.2 Å². The fourth-order valence-electron chi connectivity index (χ4n) is 3.20. The number of carbonyl (C=O) groups is 2. The van der Waals surface area contributed by atoms with Gasteiger partial charge in [0.25, 0.3) is 5.91 Å². The standard InChI is InChI=1S/C23H23Cl2FN2O4/c1-23(28-22(30)14-32-18-6-7-19(24)20(25)10-18)11-17(12-23)27-21(29)13-31-9-8-15-2-4-16(26)5-3-15/h2-7,10-11H,8-9,12-14H2,1H3,(H,27,29)(H,28,30). The highest BCUT2D eigenvalue weighted by molar-refractivity contribution is 6.42. The number of benzene rings is 2. The SMILES string of the molecule is CC1(NC(=O)COc2ccc(Cl)c(Cl)c2)C=C(NC(=O)COCCc2ccc(F)cc2)C1. The van der Waals surface area contributed by atoms with Crippen LogP contribution in [-0.4, -0.2) is 37.2 Å². The lowest BCUT2D eigenvalue weighted by atomic mass is 9.84. The Bertz CT molecular complexity index is 1010. The molecule has 9 heteroatoms. The minimum Gasteiger partial charge on any atom is -0.484 e. The van der Waals surface area contributed by atoms with E-state index in [1.165, 1.54) is 18.2 Å². The molecule has 0 heterocycles. The number of amides is 2. The first-order valence-corrected chi connectivity index (χ1v) is 10.7. The first-order valence-electron chi connectivity index (χ1n) is 9.95. The molecule has 2 aromatic carbocycles. The van der Waals surface area contributed by atoms with Crippen LogP contribution in [0.5, 0.6) is 5.75 Å². The fourth-order valence-corrected chi connectivity index (χ4v) is 3.49. The lowest BCUT2D eigenvalue weighted by Gasteiger charge is -2.37. The van der Waals surface area contributed by atoms with Crippen molar-refractivity contribution in [2.45, 2.75) is 25.3 Å². The quantitative estimate of drug-likeness (QED) is 0.503. The van der Waals surface area contributed by atoms with Crippen LogP contribution in [0.25, 0.3) is 0 Å². The van der Waals surface area contributed by atoms with Crippen molar-refractivity contribution in [2.24, 2.45) is 0 Å². The van der Waals surface area contributed by atoms with Gasteiger partial charge in [-0.2, -0.15) is 0 Å². The van der Waals surface area contributed by atoms with E-state index < -0.39 is 5.54 Å². The molecule has 0 saturated heterocycles. The summed E-state index contributed by atoms with van der Waals surface area (Å²) >= 11 is 11.8. The second-order valence-corrected chi connectivity index (χ2v) is 8.47. The smallest absolute Gasteiger partial charge is 0.258 e. The molecule has 0 aromatic heterocycles. The minimum atomic E-state index is -0.565. The van der Waals surface area contributed by atoms with Crippen molar-refractivity contribution in [3.8, 4) is 5.75 Å². The van der Waals surface area contributed by atoms with Gasteiger partial charge in [0.2, 0.25) is 5.91 Å². The zero-order valence-corrected chi connectivity index (χ0v) is 18.9. The highest BCUT2D eigenvalue weighted by Crippen LogP contribution is 2.29. The van der Waals surface area contributed by atoms with Crippen molar-refractivity contribution in [1.82, 2.24) is 10.6 Å². The number of nitrogens with one attached hydrogen (secondary N) is 2. The van der Waals surface area contributed by atoms with E-state index in [-0.39, 0.29) is 30.8 Å². The normalized spacial score (nSPS) is 17.2. The van der Waals surface area contributed by atoms with Crippen LogP contribution >= 0.6 is 23.2 Å². The van der Waals surface area contributed by atoms with Crippen LogP contribution in [0.2, 0.25) is 10.0 Å². The Kier molecular flexibility index (Phi) is 8.12. The van der Waals surface area contributed by atoms with E-state index in [1.807, 2.05) is 6.92 Å². The molecule has 0 radical (unpaired) electrons. The van der Waals surface area contributed by atoms with Crippen LogP contribution in [0, 0.1) is 5.82 Å². The first kappa shape index (κ1) is 24.0. The summed E-state index contributed by atoms with van der Waals surface area (Å²) in [6.45, 7) is 1.94. The van der Waals surface area contributed by atoms with Crippen molar-refractivity contribution < 1.29 is 23.5 Å². The molecule has 3 rings (SSSR count). The van der Waals surface area contributed by atoms with E-state index in [0.717, 1.165) is 5.56 Å². The van der Waals surface area contributed by atoms with Crippen LogP contribution in [-0.2, 0) is 20.7 Å². The van der Waals surface area contributed by atoms with Crippen LogP contribution < -0.4 is 15.4 Å². The fraction of sp³-hybridized carbons (Fsp3) is 0.304. The largest absolute Gasteiger partial charge is 0.484 e. The molecule has 1 aliphatic carbocycles. The molecule has 2 amide bonds.